The molecule has 2 aromatic carbocycles. The Hall–Kier alpha value is -3.73. The lowest BCUT2D eigenvalue weighted by Crippen LogP contribution is -2.15. The Labute approximate surface area is 196 Å². The molecule has 0 saturated heterocycles. The zero-order valence-corrected chi connectivity index (χ0v) is 18.6. The van der Waals surface area contributed by atoms with Gasteiger partial charge in [-0.1, -0.05) is 6.07 Å². The normalized spacial score (nSPS) is 12.6. The third-order valence-electron chi connectivity index (χ3n) is 5.17. The number of nitrogens with zero attached hydrogens (tertiary/aromatic N) is 2. The van der Waals surface area contributed by atoms with Gasteiger partial charge in [0, 0.05) is 11.8 Å². The van der Waals surface area contributed by atoms with Crippen molar-refractivity contribution in [2.24, 2.45) is 0 Å². The fourth-order valence-corrected chi connectivity index (χ4v) is 3.89. The summed E-state index contributed by atoms with van der Waals surface area (Å²) in [4.78, 5) is 4.47. The van der Waals surface area contributed by atoms with Crippen LogP contribution in [-0.2, 0) is 0 Å². The highest BCUT2D eigenvalue weighted by Gasteiger charge is 2.25. The van der Waals surface area contributed by atoms with Crippen LogP contribution in [0.1, 0.15) is 0 Å². The fourth-order valence-electron chi connectivity index (χ4n) is 3.72. The molecule has 176 valence electrons. The van der Waals surface area contributed by atoms with E-state index < -0.39 is 23.1 Å². The lowest BCUT2D eigenvalue weighted by Gasteiger charge is -2.19. The number of rotatable bonds is 7. The van der Waals surface area contributed by atoms with E-state index >= 15 is 4.39 Å². The molecule has 4 aromatic rings. The van der Waals surface area contributed by atoms with E-state index in [-0.39, 0.29) is 29.4 Å². The van der Waals surface area contributed by atoms with Crippen molar-refractivity contribution in [1.82, 2.24) is 9.38 Å². The molecule has 0 amide bonds. The van der Waals surface area contributed by atoms with Crippen molar-refractivity contribution in [3.05, 3.63) is 60.2 Å². The molecular weight excluding hydrogens is 471 g/mol. The largest absolute Gasteiger partial charge is 0.486 e. The van der Waals surface area contributed by atoms with Gasteiger partial charge >= 0.3 is 0 Å². The minimum absolute atomic E-state index is 0.0206. The number of anilines is 2. The third-order valence-corrected chi connectivity index (χ3v) is 5.38. The van der Waals surface area contributed by atoms with Crippen LogP contribution in [-0.4, -0.2) is 35.6 Å². The van der Waals surface area contributed by atoms with Crippen molar-refractivity contribution in [2.45, 2.75) is 0 Å². The molecule has 0 fully saturated rings. The zero-order chi connectivity index (χ0) is 23.7. The Balaban J connectivity index is 1.69. The number of fused-ring (bicyclic) bond motifs is 2. The Kier molecular flexibility index (Phi) is 6.01. The lowest BCUT2D eigenvalue weighted by atomic mass is 10.1. The number of ether oxygens (including phenoxy) is 4. The second-order valence-corrected chi connectivity index (χ2v) is 7.61. The number of benzene rings is 2. The van der Waals surface area contributed by atoms with E-state index in [0.29, 0.717) is 41.9 Å². The van der Waals surface area contributed by atoms with Crippen molar-refractivity contribution in [1.29, 1.82) is 0 Å². The first-order valence-electron chi connectivity index (χ1n) is 10.2. The summed E-state index contributed by atoms with van der Waals surface area (Å²) >= 11 is -0.117. The molecule has 0 atom stereocenters. The Morgan fingerprint density at radius 3 is 2.71 bits per heavy atom. The van der Waals surface area contributed by atoms with Gasteiger partial charge in [-0.3, -0.25) is 0 Å². The molecule has 1 aliphatic rings. The van der Waals surface area contributed by atoms with Crippen LogP contribution in [0.4, 0.5) is 24.2 Å². The summed E-state index contributed by atoms with van der Waals surface area (Å²) < 4.78 is 66.2. The van der Waals surface area contributed by atoms with Crippen molar-refractivity contribution < 1.29 is 31.6 Å². The molecule has 0 spiro atoms. The summed E-state index contributed by atoms with van der Waals surface area (Å²) in [5.41, 5.74) is 0.513. The SMILES string of the molecule is COc1cccc2nc(-c3c(F)ccc(OCSF)c3F)c(Nc3ccc4c(c3)OCCO4)n12. The van der Waals surface area contributed by atoms with Gasteiger partial charge in [0.15, 0.2) is 29.0 Å². The monoisotopic (exact) mass is 489 g/mol. The quantitative estimate of drug-likeness (QED) is 0.331. The smallest absolute Gasteiger partial charge is 0.200 e. The van der Waals surface area contributed by atoms with E-state index in [9.17, 15) is 8.28 Å². The molecule has 0 bridgehead atoms. The van der Waals surface area contributed by atoms with Gasteiger partial charge in [-0.05, 0) is 36.4 Å². The highest BCUT2D eigenvalue weighted by Crippen LogP contribution is 2.40. The molecular formula is C23H18F3N3O4S. The first-order chi connectivity index (χ1) is 16.6. The second kappa shape index (κ2) is 9.26. The van der Waals surface area contributed by atoms with Crippen LogP contribution in [0.15, 0.2) is 48.5 Å². The van der Waals surface area contributed by atoms with Crippen molar-refractivity contribution in [3.63, 3.8) is 0 Å². The average Bonchev–Trinajstić information content (AvgIpc) is 3.21. The number of hydrogen-bond donors (Lipinski definition) is 1. The predicted octanol–water partition coefficient (Wildman–Crippen LogP) is 5.76. The van der Waals surface area contributed by atoms with Crippen LogP contribution in [0.3, 0.4) is 0 Å². The molecule has 0 aliphatic carbocycles. The van der Waals surface area contributed by atoms with Gasteiger partial charge in [-0.15, -0.1) is 0 Å². The van der Waals surface area contributed by atoms with Crippen molar-refractivity contribution >= 4 is 29.3 Å². The van der Waals surface area contributed by atoms with Crippen LogP contribution in [0.25, 0.3) is 16.9 Å². The summed E-state index contributed by atoms with van der Waals surface area (Å²) in [5, 5.41) is 3.18. The molecule has 0 radical (unpaired) electrons. The first kappa shape index (κ1) is 22.1. The van der Waals surface area contributed by atoms with E-state index in [1.807, 2.05) is 0 Å². The molecule has 0 unspecified atom stereocenters. The number of halogens is 3. The summed E-state index contributed by atoms with van der Waals surface area (Å²) in [7, 11) is 1.48. The summed E-state index contributed by atoms with van der Waals surface area (Å²) in [5.74, 6) is -0.820. The highest BCUT2D eigenvalue weighted by molar-refractivity contribution is 7.94. The minimum atomic E-state index is -0.998. The predicted molar refractivity (Wildman–Crippen MR) is 122 cm³/mol. The summed E-state index contributed by atoms with van der Waals surface area (Å²) in [6.07, 6.45) is 0. The molecule has 2 aromatic heterocycles. The van der Waals surface area contributed by atoms with Gasteiger partial charge in [0.05, 0.1) is 24.8 Å². The highest BCUT2D eigenvalue weighted by atomic mass is 32.2. The zero-order valence-electron chi connectivity index (χ0n) is 17.8. The molecule has 11 heteroatoms. The number of imidazole rings is 1. The molecule has 1 aliphatic heterocycles. The maximum absolute atomic E-state index is 15.4. The number of pyridine rings is 1. The maximum atomic E-state index is 15.4. The second-order valence-electron chi connectivity index (χ2n) is 7.16. The first-order valence-corrected chi connectivity index (χ1v) is 11.1. The average molecular weight is 489 g/mol. The Morgan fingerprint density at radius 1 is 1.09 bits per heavy atom. The maximum Gasteiger partial charge on any atom is 0.200 e. The standard InChI is InChI=1S/C23H18F3N3O4S/c1-30-19-4-2-3-18-28-22(20-14(24)6-8-16(21(20)25)33-12-34-26)23(29(18)19)27-13-5-7-15-17(11-13)32-10-9-31-15/h2-8,11,27H,9-10,12H2,1H3. The molecule has 5 rings (SSSR count). The van der Waals surface area contributed by atoms with Gasteiger partial charge in [0.1, 0.15) is 36.2 Å². The van der Waals surface area contributed by atoms with E-state index in [1.165, 1.54) is 7.11 Å². The van der Waals surface area contributed by atoms with Crippen LogP contribution < -0.4 is 24.3 Å². The Morgan fingerprint density at radius 2 is 1.91 bits per heavy atom. The van der Waals surface area contributed by atoms with Crippen LogP contribution in [0.5, 0.6) is 23.1 Å². The summed E-state index contributed by atoms with van der Waals surface area (Å²) in [6, 6.07) is 12.4. The van der Waals surface area contributed by atoms with Crippen molar-refractivity contribution in [2.75, 3.05) is 31.6 Å². The molecule has 3 heterocycles. The number of methoxy groups -OCH3 is 1. The van der Waals surface area contributed by atoms with Crippen molar-refractivity contribution in [3.8, 4) is 34.4 Å². The summed E-state index contributed by atoms with van der Waals surface area (Å²) in [6.45, 7) is 0.859. The van der Waals surface area contributed by atoms with Gasteiger partial charge in [0.25, 0.3) is 0 Å². The van der Waals surface area contributed by atoms with E-state index in [4.69, 9.17) is 18.9 Å². The number of aromatic nitrogens is 2. The number of nitrogens with one attached hydrogen (secondary N) is 1. The van der Waals surface area contributed by atoms with Gasteiger partial charge in [-0.2, -0.15) is 3.89 Å². The van der Waals surface area contributed by atoms with Crippen LogP contribution in [0.2, 0.25) is 0 Å². The van der Waals surface area contributed by atoms with E-state index in [1.54, 1.807) is 40.8 Å². The van der Waals surface area contributed by atoms with E-state index in [0.717, 1.165) is 12.1 Å². The van der Waals surface area contributed by atoms with Crippen LogP contribution >= 0.6 is 12.1 Å². The van der Waals surface area contributed by atoms with Gasteiger partial charge in [-0.25, -0.2) is 18.2 Å². The van der Waals surface area contributed by atoms with Crippen LogP contribution in [0, 0.1) is 11.6 Å². The number of hydrogen-bond acceptors (Lipinski definition) is 7. The molecule has 7 nitrogen and oxygen atoms in total. The third kappa shape index (κ3) is 3.92. The topological polar surface area (TPSA) is 66.2 Å². The molecule has 34 heavy (non-hydrogen) atoms. The lowest BCUT2D eigenvalue weighted by molar-refractivity contribution is 0.171. The minimum Gasteiger partial charge on any atom is -0.486 e. The molecule has 0 saturated carbocycles. The van der Waals surface area contributed by atoms with E-state index in [2.05, 4.69) is 10.3 Å². The van der Waals surface area contributed by atoms with Gasteiger partial charge < -0.3 is 24.3 Å². The fraction of sp³-hybridized carbons (Fsp3) is 0.174. The van der Waals surface area contributed by atoms with Gasteiger partial charge in [0.2, 0.25) is 5.88 Å². The Bertz CT molecular complexity index is 1370. The molecule has 1 N–H and O–H groups in total.